The number of anilines is 1. The summed E-state index contributed by atoms with van der Waals surface area (Å²) in [5.41, 5.74) is 6.77. The van der Waals surface area contributed by atoms with Crippen LogP contribution in [-0.4, -0.2) is 18.3 Å². The van der Waals surface area contributed by atoms with Crippen molar-refractivity contribution in [2.45, 2.75) is 24.9 Å². The monoisotopic (exact) mass is 369 g/mol. The van der Waals surface area contributed by atoms with E-state index < -0.39 is 24.1 Å². The van der Waals surface area contributed by atoms with E-state index in [2.05, 4.69) is 20.9 Å². The van der Waals surface area contributed by atoms with Gasteiger partial charge in [-0.25, -0.2) is 15.2 Å². The largest absolute Gasteiger partial charge is 0.573 e. The zero-order chi connectivity index (χ0) is 18.7. The number of benzene rings is 2. The fourth-order valence-electron chi connectivity index (χ4n) is 2.64. The van der Waals surface area contributed by atoms with Crippen LogP contribution in [0.25, 0.3) is 0 Å². The maximum absolute atomic E-state index is 13.0. The third-order valence-electron chi connectivity index (χ3n) is 3.83. The van der Waals surface area contributed by atoms with Crippen molar-refractivity contribution >= 4 is 11.6 Å². The van der Waals surface area contributed by atoms with Gasteiger partial charge >= 0.3 is 6.36 Å². The number of nitrogens with one attached hydrogen (secondary N) is 3. The molecule has 2 atom stereocenters. The molecule has 9 heteroatoms. The maximum atomic E-state index is 13.0. The van der Waals surface area contributed by atoms with Gasteiger partial charge in [-0.3, -0.25) is 4.79 Å². The van der Waals surface area contributed by atoms with Crippen molar-refractivity contribution in [1.29, 1.82) is 0 Å². The number of alkyl halides is 3. The van der Waals surface area contributed by atoms with E-state index in [-0.39, 0.29) is 17.5 Å². The minimum absolute atomic E-state index is 0.184. The first-order valence-electron chi connectivity index (χ1n) is 7.73. The number of hydrogen-bond donors (Lipinski definition) is 3. The summed E-state index contributed by atoms with van der Waals surface area (Å²) >= 11 is 0. The molecule has 1 aliphatic rings. The van der Waals surface area contributed by atoms with Crippen molar-refractivity contribution in [3.63, 3.8) is 0 Å². The third kappa shape index (κ3) is 4.70. The van der Waals surface area contributed by atoms with Crippen molar-refractivity contribution in [2.75, 3.05) is 5.32 Å². The molecule has 1 amide bonds. The lowest BCUT2D eigenvalue weighted by Gasteiger charge is -2.13. The minimum Gasteiger partial charge on any atom is -0.406 e. The quantitative estimate of drug-likeness (QED) is 0.724. The van der Waals surface area contributed by atoms with Crippen LogP contribution in [0.5, 0.6) is 5.75 Å². The zero-order valence-corrected chi connectivity index (χ0v) is 13.3. The summed E-state index contributed by atoms with van der Waals surface area (Å²) in [5, 5.41) is 2.54. The van der Waals surface area contributed by atoms with Crippen LogP contribution in [0.15, 0.2) is 48.5 Å². The van der Waals surface area contributed by atoms with Crippen LogP contribution in [0.3, 0.4) is 0 Å². The predicted octanol–water partition coefficient (Wildman–Crippen LogP) is 3.27. The molecular weight excluding hydrogens is 354 g/mol. The Morgan fingerprint density at radius 3 is 2.54 bits per heavy atom. The van der Waals surface area contributed by atoms with Crippen molar-refractivity contribution in [3.05, 3.63) is 59.9 Å². The van der Waals surface area contributed by atoms with E-state index in [0.29, 0.717) is 6.42 Å². The molecule has 2 aromatic carbocycles. The molecule has 5 nitrogen and oxygen atoms in total. The van der Waals surface area contributed by atoms with Gasteiger partial charge in [-0.05, 0) is 36.2 Å². The Hall–Kier alpha value is -2.65. The molecule has 2 aromatic rings. The van der Waals surface area contributed by atoms with E-state index >= 15 is 0 Å². The summed E-state index contributed by atoms with van der Waals surface area (Å²) in [5.74, 6) is -1.18. The molecule has 0 bridgehead atoms. The van der Waals surface area contributed by atoms with Gasteiger partial charge < -0.3 is 10.1 Å². The topological polar surface area (TPSA) is 62.4 Å². The summed E-state index contributed by atoms with van der Waals surface area (Å²) < 4.78 is 53.6. The lowest BCUT2D eigenvalue weighted by Crippen LogP contribution is -2.39. The van der Waals surface area contributed by atoms with E-state index in [1.165, 1.54) is 24.3 Å². The highest BCUT2D eigenvalue weighted by atomic mass is 19.4. The first kappa shape index (κ1) is 18.2. The fourth-order valence-corrected chi connectivity index (χ4v) is 2.64. The van der Waals surface area contributed by atoms with Gasteiger partial charge in [-0.2, -0.15) is 0 Å². The Balaban J connectivity index is 1.60. The van der Waals surface area contributed by atoms with E-state index in [1.54, 1.807) is 12.1 Å². The second kappa shape index (κ2) is 7.30. The Kier molecular flexibility index (Phi) is 5.10. The van der Waals surface area contributed by atoms with Crippen LogP contribution in [-0.2, 0) is 4.79 Å². The lowest BCUT2D eigenvalue weighted by molar-refractivity contribution is -0.274. The highest BCUT2D eigenvalue weighted by Crippen LogP contribution is 2.26. The highest BCUT2D eigenvalue weighted by Gasteiger charge is 2.32. The molecule has 26 heavy (non-hydrogen) atoms. The maximum Gasteiger partial charge on any atom is 0.573 e. The van der Waals surface area contributed by atoms with E-state index in [9.17, 15) is 22.4 Å². The van der Waals surface area contributed by atoms with Gasteiger partial charge in [0, 0.05) is 17.8 Å². The van der Waals surface area contributed by atoms with Crippen LogP contribution in [0.2, 0.25) is 0 Å². The van der Waals surface area contributed by atoms with E-state index in [0.717, 1.165) is 17.7 Å². The highest BCUT2D eigenvalue weighted by molar-refractivity contribution is 5.95. The SMILES string of the molecule is O=C(Nc1cccc(OC(F)(F)F)c1)C1CC(c2ccc(F)cc2)NN1. The second-order valence-electron chi connectivity index (χ2n) is 5.75. The number of carbonyl (C=O) groups excluding carboxylic acids is 1. The molecule has 1 fully saturated rings. The Morgan fingerprint density at radius 2 is 1.85 bits per heavy atom. The molecule has 2 unspecified atom stereocenters. The Bertz CT molecular complexity index is 780. The first-order valence-corrected chi connectivity index (χ1v) is 7.73. The zero-order valence-electron chi connectivity index (χ0n) is 13.3. The molecule has 3 rings (SSSR count). The second-order valence-corrected chi connectivity index (χ2v) is 5.75. The van der Waals surface area contributed by atoms with Crippen molar-refractivity contribution in [3.8, 4) is 5.75 Å². The smallest absolute Gasteiger partial charge is 0.406 e. The molecule has 3 N–H and O–H groups in total. The molecular formula is C17H15F4N3O2. The number of hydrazine groups is 1. The van der Waals surface area contributed by atoms with Gasteiger partial charge in [0.2, 0.25) is 5.91 Å². The summed E-state index contributed by atoms with van der Waals surface area (Å²) in [6.45, 7) is 0. The summed E-state index contributed by atoms with van der Waals surface area (Å²) in [6.07, 6.45) is -4.40. The molecule has 1 aliphatic heterocycles. The van der Waals surface area contributed by atoms with Gasteiger partial charge in [0.05, 0.1) is 0 Å². The lowest BCUT2D eigenvalue weighted by atomic mass is 10.0. The van der Waals surface area contributed by atoms with Gasteiger partial charge in [0.25, 0.3) is 0 Å². The molecule has 0 aromatic heterocycles. The fraction of sp³-hybridized carbons (Fsp3) is 0.235. The van der Waals surface area contributed by atoms with Crippen molar-refractivity contribution in [2.24, 2.45) is 0 Å². The number of ether oxygens (including phenoxy) is 1. The molecule has 138 valence electrons. The van der Waals surface area contributed by atoms with Gasteiger partial charge in [0.1, 0.15) is 17.6 Å². The average Bonchev–Trinajstić information content (AvgIpc) is 3.04. The molecule has 1 heterocycles. The number of rotatable bonds is 4. The van der Waals surface area contributed by atoms with Crippen molar-refractivity contribution < 1.29 is 27.1 Å². The minimum atomic E-state index is -4.80. The Labute approximate surface area is 146 Å². The standard InChI is InChI=1S/C17H15F4N3O2/c18-11-6-4-10(5-7-11)14-9-15(24-23-14)16(25)22-12-2-1-3-13(8-12)26-17(19,20)21/h1-8,14-15,23-24H,9H2,(H,22,25). The predicted molar refractivity (Wildman–Crippen MR) is 85.6 cm³/mol. The van der Waals surface area contributed by atoms with E-state index in [4.69, 9.17) is 0 Å². The van der Waals surface area contributed by atoms with Crippen LogP contribution >= 0.6 is 0 Å². The number of hydrogen-bond acceptors (Lipinski definition) is 4. The number of halogens is 4. The van der Waals surface area contributed by atoms with E-state index in [1.807, 2.05) is 0 Å². The van der Waals surface area contributed by atoms with Gasteiger partial charge in [-0.15, -0.1) is 13.2 Å². The molecule has 0 aliphatic carbocycles. The summed E-state index contributed by atoms with van der Waals surface area (Å²) in [6, 6.07) is 10.1. The van der Waals surface area contributed by atoms with Crippen LogP contribution < -0.4 is 20.9 Å². The summed E-state index contributed by atoms with van der Waals surface area (Å²) in [4.78, 5) is 12.3. The third-order valence-corrected chi connectivity index (χ3v) is 3.83. The van der Waals surface area contributed by atoms with Gasteiger partial charge in [-0.1, -0.05) is 18.2 Å². The Morgan fingerprint density at radius 1 is 1.12 bits per heavy atom. The molecule has 0 spiro atoms. The number of amides is 1. The van der Waals surface area contributed by atoms with Crippen LogP contribution in [0.1, 0.15) is 18.0 Å². The molecule has 1 saturated heterocycles. The summed E-state index contributed by atoms with van der Waals surface area (Å²) in [7, 11) is 0. The van der Waals surface area contributed by atoms with Crippen LogP contribution in [0.4, 0.5) is 23.2 Å². The molecule has 0 radical (unpaired) electrons. The van der Waals surface area contributed by atoms with Crippen molar-refractivity contribution in [1.82, 2.24) is 10.9 Å². The average molecular weight is 369 g/mol. The molecule has 0 saturated carbocycles. The van der Waals surface area contributed by atoms with Crippen LogP contribution in [0, 0.1) is 5.82 Å². The number of carbonyl (C=O) groups is 1. The normalized spacial score (nSPS) is 20.0. The first-order chi connectivity index (χ1) is 12.3. The van der Waals surface area contributed by atoms with Gasteiger partial charge in [0.15, 0.2) is 0 Å².